The molecule has 0 atom stereocenters. The lowest BCUT2D eigenvalue weighted by Crippen LogP contribution is -1.98. The fourth-order valence-corrected chi connectivity index (χ4v) is 2.68. The number of hydrogen-bond acceptors (Lipinski definition) is 4. The first-order chi connectivity index (χ1) is 9.17. The van der Waals surface area contributed by atoms with Crippen molar-refractivity contribution in [3.63, 3.8) is 0 Å². The highest BCUT2D eigenvalue weighted by Crippen LogP contribution is 2.19. The molecule has 0 radical (unpaired) electrons. The zero-order chi connectivity index (χ0) is 13.7. The summed E-state index contributed by atoms with van der Waals surface area (Å²) in [6.45, 7) is 0.677. The minimum atomic E-state index is -0.808. The van der Waals surface area contributed by atoms with Crippen LogP contribution in [0.25, 0.3) is 0 Å². The minimum absolute atomic E-state index is 0.0251. The molecule has 1 aromatic carbocycles. The van der Waals surface area contributed by atoms with E-state index in [2.05, 4.69) is 5.32 Å². The smallest absolute Gasteiger partial charge is 0.308 e. The van der Waals surface area contributed by atoms with Crippen molar-refractivity contribution in [2.45, 2.75) is 19.6 Å². The fourth-order valence-electron chi connectivity index (χ4n) is 1.73. The van der Waals surface area contributed by atoms with Crippen molar-refractivity contribution in [1.29, 1.82) is 0 Å². The summed E-state index contributed by atoms with van der Waals surface area (Å²) in [5.41, 5.74) is 1.81. The Bertz CT molecular complexity index is 565. The Hall–Kier alpha value is -1.85. The molecule has 0 saturated heterocycles. The van der Waals surface area contributed by atoms with Crippen LogP contribution in [0.4, 0.5) is 5.69 Å². The number of carbonyl (C=O) groups is 1. The maximum Gasteiger partial charge on any atom is 0.308 e. The third-order valence-electron chi connectivity index (χ3n) is 2.62. The van der Waals surface area contributed by atoms with Gasteiger partial charge in [-0.05, 0) is 29.8 Å². The first-order valence-corrected chi connectivity index (χ1v) is 6.72. The highest BCUT2D eigenvalue weighted by atomic mass is 32.1. The Labute approximate surface area is 115 Å². The molecule has 0 aliphatic heterocycles. The molecule has 0 aliphatic rings. The lowest BCUT2D eigenvalue weighted by atomic mass is 10.2. The van der Waals surface area contributed by atoms with Crippen LogP contribution >= 0.6 is 11.3 Å². The molecule has 0 spiro atoms. The number of aliphatic hydroxyl groups excluding tert-OH is 1. The lowest BCUT2D eigenvalue weighted by Gasteiger charge is -2.06. The van der Waals surface area contributed by atoms with E-state index in [9.17, 15) is 4.79 Å². The number of anilines is 1. The first kappa shape index (κ1) is 13.6. The van der Waals surface area contributed by atoms with Gasteiger partial charge in [0.1, 0.15) is 0 Å². The van der Waals surface area contributed by atoms with E-state index >= 15 is 0 Å². The van der Waals surface area contributed by atoms with Crippen molar-refractivity contribution in [1.82, 2.24) is 0 Å². The summed E-state index contributed by atoms with van der Waals surface area (Å²) in [7, 11) is 0. The molecule has 0 fully saturated rings. The van der Waals surface area contributed by atoms with Crippen LogP contribution < -0.4 is 5.32 Å². The predicted octanol–water partition coefficient (Wildman–Crippen LogP) is 2.48. The molecule has 5 heteroatoms. The standard InChI is InChI=1S/C14H15NO3S/c16-9-10-2-1-3-11(6-10)15-8-13-5-4-12(19-13)7-14(17)18/h1-6,15-16H,7-9H2,(H,17,18). The average Bonchev–Trinajstić information content (AvgIpc) is 2.83. The number of thiophene rings is 1. The van der Waals surface area contributed by atoms with Gasteiger partial charge < -0.3 is 15.5 Å². The molecular formula is C14H15NO3S. The molecule has 0 aliphatic carbocycles. The van der Waals surface area contributed by atoms with E-state index in [1.165, 1.54) is 11.3 Å². The third-order valence-corrected chi connectivity index (χ3v) is 3.70. The van der Waals surface area contributed by atoms with Crippen LogP contribution in [0.5, 0.6) is 0 Å². The highest BCUT2D eigenvalue weighted by Gasteiger charge is 2.04. The monoisotopic (exact) mass is 277 g/mol. The summed E-state index contributed by atoms with van der Waals surface area (Å²) in [4.78, 5) is 12.5. The maximum absolute atomic E-state index is 10.6. The lowest BCUT2D eigenvalue weighted by molar-refractivity contribution is -0.136. The Morgan fingerprint density at radius 2 is 2.00 bits per heavy atom. The van der Waals surface area contributed by atoms with Gasteiger partial charge in [0.25, 0.3) is 0 Å². The summed E-state index contributed by atoms with van der Waals surface area (Å²) >= 11 is 1.50. The number of carboxylic acids is 1. The van der Waals surface area contributed by atoms with Gasteiger partial charge in [-0.1, -0.05) is 12.1 Å². The van der Waals surface area contributed by atoms with Crippen molar-refractivity contribution in [3.8, 4) is 0 Å². The average molecular weight is 277 g/mol. The highest BCUT2D eigenvalue weighted by molar-refractivity contribution is 7.12. The molecule has 2 aromatic rings. The quantitative estimate of drug-likeness (QED) is 0.758. The summed E-state index contributed by atoms with van der Waals surface area (Å²) in [5, 5.41) is 21.0. The molecule has 100 valence electrons. The number of aliphatic hydroxyl groups is 1. The maximum atomic E-state index is 10.6. The zero-order valence-electron chi connectivity index (χ0n) is 10.3. The van der Waals surface area contributed by atoms with Gasteiger partial charge in [-0.25, -0.2) is 0 Å². The molecule has 0 unspecified atom stereocenters. The number of rotatable bonds is 6. The third kappa shape index (κ3) is 4.08. The number of benzene rings is 1. The van der Waals surface area contributed by atoms with Gasteiger partial charge in [0.05, 0.1) is 13.0 Å². The van der Waals surface area contributed by atoms with Crippen molar-refractivity contribution >= 4 is 23.0 Å². The van der Waals surface area contributed by atoms with Gasteiger partial charge in [-0.3, -0.25) is 4.79 Å². The van der Waals surface area contributed by atoms with E-state index in [1.807, 2.05) is 36.4 Å². The van der Waals surface area contributed by atoms with Crippen LogP contribution in [0, 0.1) is 0 Å². The van der Waals surface area contributed by atoms with E-state index in [0.29, 0.717) is 6.54 Å². The summed E-state index contributed by atoms with van der Waals surface area (Å²) in [5.74, 6) is -0.808. The second-order valence-electron chi connectivity index (χ2n) is 4.15. The number of hydrogen-bond donors (Lipinski definition) is 3. The van der Waals surface area contributed by atoms with E-state index in [-0.39, 0.29) is 13.0 Å². The van der Waals surface area contributed by atoms with E-state index in [4.69, 9.17) is 10.2 Å². The normalized spacial score (nSPS) is 10.4. The Balaban J connectivity index is 1.94. The minimum Gasteiger partial charge on any atom is -0.481 e. The summed E-state index contributed by atoms with van der Waals surface area (Å²) < 4.78 is 0. The SMILES string of the molecule is O=C(O)Cc1ccc(CNc2cccc(CO)c2)s1. The Morgan fingerprint density at radius 1 is 1.21 bits per heavy atom. The van der Waals surface area contributed by atoms with Crippen molar-refractivity contribution in [2.75, 3.05) is 5.32 Å². The zero-order valence-corrected chi connectivity index (χ0v) is 11.1. The van der Waals surface area contributed by atoms with Gasteiger partial charge in [0, 0.05) is 22.0 Å². The number of carboxylic acid groups (broad SMARTS) is 1. The predicted molar refractivity (Wildman–Crippen MR) is 75.4 cm³/mol. The molecular weight excluding hydrogens is 262 g/mol. The van der Waals surface area contributed by atoms with Crippen LogP contribution in [0.15, 0.2) is 36.4 Å². The van der Waals surface area contributed by atoms with E-state index in [1.54, 1.807) is 0 Å². The molecule has 3 N–H and O–H groups in total. The van der Waals surface area contributed by atoms with Gasteiger partial charge in [-0.15, -0.1) is 11.3 Å². The molecule has 0 saturated carbocycles. The van der Waals surface area contributed by atoms with Crippen molar-refractivity contribution in [3.05, 3.63) is 51.7 Å². The van der Waals surface area contributed by atoms with Crippen LogP contribution in [-0.2, 0) is 24.4 Å². The van der Waals surface area contributed by atoms with Crippen LogP contribution in [0.1, 0.15) is 15.3 Å². The van der Waals surface area contributed by atoms with Gasteiger partial charge >= 0.3 is 5.97 Å². The molecule has 2 rings (SSSR count). The van der Waals surface area contributed by atoms with Crippen LogP contribution in [-0.4, -0.2) is 16.2 Å². The topological polar surface area (TPSA) is 69.6 Å². The molecule has 1 aromatic heterocycles. The molecule has 4 nitrogen and oxygen atoms in total. The molecule has 0 amide bonds. The van der Waals surface area contributed by atoms with Gasteiger partial charge in [0.15, 0.2) is 0 Å². The van der Waals surface area contributed by atoms with E-state index < -0.39 is 5.97 Å². The number of aliphatic carboxylic acids is 1. The van der Waals surface area contributed by atoms with Crippen LogP contribution in [0.2, 0.25) is 0 Å². The van der Waals surface area contributed by atoms with Crippen molar-refractivity contribution < 1.29 is 15.0 Å². The number of nitrogens with one attached hydrogen (secondary N) is 1. The van der Waals surface area contributed by atoms with Gasteiger partial charge in [-0.2, -0.15) is 0 Å². The first-order valence-electron chi connectivity index (χ1n) is 5.90. The Kier molecular flexibility index (Phi) is 4.54. The molecule has 19 heavy (non-hydrogen) atoms. The largest absolute Gasteiger partial charge is 0.481 e. The second kappa shape index (κ2) is 6.36. The van der Waals surface area contributed by atoms with Crippen molar-refractivity contribution in [2.24, 2.45) is 0 Å². The van der Waals surface area contributed by atoms with E-state index in [0.717, 1.165) is 21.0 Å². The molecule has 0 bridgehead atoms. The molecule has 1 heterocycles. The Morgan fingerprint density at radius 3 is 2.74 bits per heavy atom. The summed E-state index contributed by atoms with van der Waals surface area (Å²) in [6, 6.07) is 11.4. The summed E-state index contributed by atoms with van der Waals surface area (Å²) in [6.07, 6.45) is 0.0741. The van der Waals surface area contributed by atoms with Crippen LogP contribution in [0.3, 0.4) is 0 Å². The fraction of sp³-hybridized carbons (Fsp3) is 0.214. The van der Waals surface area contributed by atoms with Gasteiger partial charge in [0.2, 0.25) is 0 Å². The second-order valence-corrected chi connectivity index (χ2v) is 5.40.